The number of methoxy groups -OCH3 is 1. The van der Waals surface area contributed by atoms with Crippen molar-refractivity contribution in [3.63, 3.8) is 0 Å². The Morgan fingerprint density at radius 2 is 2.13 bits per heavy atom. The zero-order chi connectivity index (χ0) is 11.8. The van der Waals surface area contributed by atoms with E-state index in [1.807, 2.05) is 13.8 Å². The molecule has 0 heterocycles. The van der Waals surface area contributed by atoms with Crippen molar-refractivity contribution in [2.24, 2.45) is 0 Å². The Labute approximate surface area is 94.2 Å². The van der Waals surface area contributed by atoms with Gasteiger partial charge in [0.2, 0.25) is 0 Å². The second kappa shape index (κ2) is 7.82. The third kappa shape index (κ3) is 6.62. The van der Waals surface area contributed by atoms with Gasteiger partial charge in [0.05, 0.1) is 7.11 Å². The molecular formula is C10H21NO3S. The average Bonchev–Trinajstić information content (AvgIpc) is 2.21. The van der Waals surface area contributed by atoms with Gasteiger partial charge in [-0.1, -0.05) is 6.92 Å². The summed E-state index contributed by atoms with van der Waals surface area (Å²) in [6.07, 6.45) is 3.19. The van der Waals surface area contributed by atoms with Crippen LogP contribution in [0.15, 0.2) is 0 Å². The topological polar surface area (TPSA) is 55.4 Å². The number of nitrogens with one attached hydrogen (secondary N) is 1. The monoisotopic (exact) mass is 235 g/mol. The lowest BCUT2D eigenvalue weighted by Crippen LogP contribution is -2.42. The molecule has 0 bridgehead atoms. The number of ether oxygens (including phenoxy) is 1. The Morgan fingerprint density at radius 3 is 2.53 bits per heavy atom. The molecule has 4 nitrogen and oxygen atoms in total. The minimum atomic E-state index is -0.772. The second-order valence-electron chi connectivity index (χ2n) is 3.62. The summed E-state index contributed by atoms with van der Waals surface area (Å²) in [7, 11) is 0.616. The van der Waals surface area contributed by atoms with E-state index in [0.717, 1.165) is 6.42 Å². The first kappa shape index (κ1) is 14.6. The van der Waals surface area contributed by atoms with Crippen LogP contribution < -0.4 is 5.32 Å². The van der Waals surface area contributed by atoms with Gasteiger partial charge >= 0.3 is 5.97 Å². The summed E-state index contributed by atoms with van der Waals surface area (Å²) in [5, 5.41) is 3.16. The van der Waals surface area contributed by atoms with Crippen LogP contribution in [0.4, 0.5) is 0 Å². The fourth-order valence-electron chi connectivity index (χ4n) is 1.26. The normalized spacial score (nSPS) is 16.8. The largest absolute Gasteiger partial charge is 0.468 e. The van der Waals surface area contributed by atoms with Crippen molar-refractivity contribution in [2.45, 2.75) is 38.8 Å². The molecule has 0 aliphatic rings. The molecule has 0 aliphatic heterocycles. The number of hydrogen-bond donors (Lipinski definition) is 1. The van der Waals surface area contributed by atoms with Gasteiger partial charge in [-0.3, -0.25) is 9.00 Å². The third-order valence-electron chi connectivity index (χ3n) is 2.22. The predicted molar refractivity (Wildman–Crippen MR) is 62.2 cm³/mol. The van der Waals surface area contributed by atoms with Crippen LogP contribution in [0.2, 0.25) is 0 Å². The molecule has 0 spiro atoms. The third-order valence-corrected chi connectivity index (χ3v) is 3.03. The molecule has 3 atom stereocenters. The SMILES string of the molecule is CCC(NC(C)CCS(C)=O)C(=O)OC. The van der Waals surface area contributed by atoms with Gasteiger partial charge in [0.25, 0.3) is 0 Å². The second-order valence-corrected chi connectivity index (χ2v) is 5.17. The van der Waals surface area contributed by atoms with Crippen LogP contribution in [0.25, 0.3) is 0 Å². The maximum atomic E-state index is 11.3. The highest BCUT2D eigenvalue weighted by Crippen LogP contribution is 2.00. The Hall–Kier alpha value is -0.420. The number of esters is 1. The highest BCUT2D eigenvalue weighted by molar-refractivity contribution is 7.84. The van der Waals surface area contributed by atoms with Crippen LogP contribution in [0.1, 0.15) is 26.7 Å². The summed E-state index contributed by atoms with van der Waals surface area (Å²) < 4.78 is 15.6. The van der Waals surface area contributed by atoms with Crippen LogP contribution in [-0.2, 0) is 20.3 Å². The first-order valence-corrected chi connectivity index (χ1v) is 6.87. The summed E-state index contributed by atoms with van der Waals surface area (Å²) in [6, 6.07) is -0.0757. The van der Waals surface area contributed by atoms with Gasteiger partial charge in [0.15, 0.2) is 0 Å². The van der Waals surface area contributed by atoms with E-state index in [4.69, 9.17) is 0 Å². The zero-order valence-electron chi connectivity index (χ0n) is 9.91. The van der Waals surface area contributed by atoms with Crippen molar-refractivity contribution in [1.29, 1.82) is 0 Å². The molecular weight excluding hydrogens is 214 g/mol. The van der Waals surface area contributed by atoms with Gasteiger partial charge in [0.1, 0.15) is 6.04 Å². The molecule has 15 heavy (non-hydrogen) atoms. The molecule has 0 aliphatic carbocycles. The molecule has 0 aromatic rings. The highest BCUT2D eigenvalue weighted by atomic mass is 32.2. The number of hydrogen-bond acceptors (Lipinski definition) is 4. The molecule has 0 radical (unpaired) electrons. The van der Waals surface area contributed by atoms with Gasteiger partial charge in [-0.05, 0) is 19.8 Å². The highest BCUT2D eigenvalue weighted by Gasteiger charge is 2.18. The molecule has 0 saturated heterocycles. The van der Waals surface area contributed by atoms with E-state index in [0.29, 0.717) is 12.2 Å². The fraction of sp³-hybridized carbons (Fsp3) is 0.900. The van der Waals surface area contributed by atoms with E-state index in [9.17, 15) is 9.00 Å². The Bertz CT molecular complexity index is 221. The summed E-state index contributed by atoms with van der Waals surface area (Å²) in [6.45, 7) is 3.91. The molecule has 0 aromatic carbocycles. The number of carbonyl (C=O) groups is 1. The number of carbonyl (C=O) groups excluding carboxylic acids is 1. The lowest BCUT2D eigenvalue weighted by molar-refractivity contribution is -0.143. The van der Waals surface area contributed by atoms with Crippen molar-refractivity contribution < 1.29 is 13.7 Å². The molecule has 0 saturated carbocycles. The van der Waals surface area contributed by atoms with E-state index >= 15 is 0 Å². The predicted octanol–water partition coefficient (Wildman–Crippen LogP) is 0.685. The first-order chi connectivity index (χ1) is 7.01. The van der Waals surface area contributed by atoms with Gasteiger partial charge in [0, 0.05) is 28.9 Å². The van der Waals surface area contributed by atoms with Crippen LogP contribution in [0, 0.1) is 0 Å². The van der Waals surface area contributed by atoms with Gasteiger partial charge in [-0.25, -0.2) is 0 Å². The molecule has 3 unspecified atom stereocenters. The quantitative estimate of drug-likeness (QED) is 0.660. The van der Waals surface area contributed by atoms with E-state index in [-0.39, 0.29) is 18.1 Å². The molecule has 0 amide bonds. The Morgan fingerprint density at radius 1 is 1.53 bits per heavy atom. The Balaban J connectivity index is 3.95. The average molecular weight is 235 g/mol. The van der Waals surface area contributed by atoms with Crippen molar-refractivity contribution in [2.75, 3.05) is 19.1 Å². The summed E-state index contributed by atoms with van der Waals surface area (Å²) in [5.41, 5.74) is 0. The molecule has 0 fully saturated rings. The fourth-order valence-corrected chi connectivity index (χ4v) is 1.95. The smallest absolute Gasteiger partial charge is 0.322 e. The van der Waals surface area contributed by atoms with Crippen LogP contribution in [0.5, 0.6) is 0 Å². The maximum absolute atomic E-state index is 11.3. The molecule has 90 valence electrons. The van der Waals surface area contributed by atoms with Crippen molar-refractivity contribution >= 4 is 16.8 Å². The van der Waals surface area contributed by atoms with E-state index in [1.54, 1.807) is 6.26 Å². The maximum Gasteiger partial charge on any atom is 0.322 e. The van der Waals surface area contributed by atoms with Crippen molar-refractivity contribution in [1.82, 2.24) is 5.32 Å². The first-order valence-electron chi connectivity index (χ1n) is 5.15. The molecule has 1 N–H and O–H groups in total. The minimum absolute atomic E-state index is 0.179. The van der Waals surface area contributed by atoms with Crippen LogP contribution in [0.3, 0.4) is 0 Å². The van der Waals surface area contributed by atoms with E-state index in [2.05, 4.69) is 10.1 Å². The summed E-state index contributed by atoms with van der Waals surface area (Å²) in [5.74, 6) is 0.424. The van der Waals surface area contributed by atoms with Crippen LogP contribution in [-0.4, -0.2) is 41.4 Å². The lowest BCUT2D eigenvalue weighted by Gasteiger charge is -2.19. The zero-order valence-corrected chi connectivity index (χ0v) is 10.7. The number of rotatable bonds is 7. The van der Waals surface area contributed by atoms with E-state index < -0.39 is 10.8 Å². The van der Waals surface area contributed by atoms with Gasteiger partial charge in [-0.2, -0.15) is 0 Å². The van der Waals surface area contributed by atoms with Crippen molar-refractivity contribution in [3.8, 4) is 0 Å². The van der Waals surface area contributed by atoms with E-state index in [1.165, 1.54) is 7.11 Å². The lowest BCUT2D eigenvalue weighted by atomic mass is 10.1. The molecule has 5 heteroatoms. The van der Waals surface area contributed by atoms with Crippen molar-refractivity contribution in [3.05, 3.63) is 0 Å². The minimum Gasteiger partial charge on any atom is -0.468 e. The Kier molecular flexibility index (Phi) is 7.60. The molecule has 0 aromatic heterocycles. The van der Waals surface area contributed by atoms with Gasteiger partial charge in [-0.15, -0.1) is 0 Å². The van der Waals surface area contributed by atoms with Gasteiger partial charge < -0.3 is 10.1 Å². The summed E-state index contributed by atoms with van der Waals surface area (Å²) >= 11 is 0. The standard InChI is InChI=1S/C10H21NO3S/c1-5-9(10(12)14-3)11-8(2)6-7-15(4)13/h8-9,11H,5-7H2,1-4H3. The van der Waals surface area contributed by atoms with Crippen LogP contribution >= 0.6 is 0 Å². The summed E-state index contributed by atoms with van der Waals surface area (Å²) in [4.78, 5) is 11.3. The molecule has 0 rings (SSSR count).